The molecule has 39 heavy (non-hydrogen) atoms. The number of hydrogen-bond acceptors (Lipinski definition) is 5. The van der Waals surface area contributed by atoms with Crippen LogP contribution in [0.4, 0.5) is 0 Å². The molecule has 206 valence electrons. The summed E-state index contributed by atoms with van der Waals surface area (Å²) in [7, 11) is 0. The van der Waals surface area contributed by atoms with E-state index in [-0.39, 0.29) is 11.9 Å². The van der Waals surface area contributed by atoms with Gasteiger partial charge in [0, 0.05) is 35.8 Å². The van der Waals surface area contributed by atoms with Gasteiger partial charge in [0.1, 0.15) is 12.4 Å². The van der Waals surface area contributed by atoms with E-state index in [1.54, 1.807) is 0 Å². The molecule has 1 aliphatic rings. The Bertz CT molecular complexity index is 1350. The van der Waals surface area contributed by atoms with Crippen LogP contribution in [0, 0.1) is 13.8 Å². The van der Waals surface area contributed by atoms with Gasteiger partial charge in [0.15, 0.2) is 5.82 Å². The topological polar surface area (TPSA) is 90.1 Å². The minimum atomic E-state index is -0.304. The van der Waals surface area contributed by atoms with E-state index in [0.29, 0.717) is 31.9 Å². The average Bonchev–Trinajstić information content (AvgIpc) is 2.91. The van der Waals surface area contributed by atoms with E-state index >= 15 is 0 Å². The lowest BCUT2D eigenvalue weighted by Gasteiger charge is -2.25. The lowest BCUT2D eigenvalue weighted by molar-refractivity contribution is -0.118. The van der Waals surface area contributed by atoms with Crippen molar-refractivity contribution in [3.63, 3.8) is 0 Å². The van der Waals surface area contributed by atoms with Gasteiger partial charge in [-0.25, -0.2) is 9.97 Å². The number of hydrogen-bond donors (Lipinski definition) is 2. The highest BCUT2D eigenvalue weighted by Crippen LogP contribution is 2.33. The summed E-state index contributed by atoms with van der Waals surface area (Å²) in [5.41, 5.74) is 15.4. The molecule has 1 amide bonds. The zero-order valence-electron chi connectivity index (χ0n) is 24.2. The molecule has 6 heteroatoms. The molecule has 2 aromatic carbocycles. The number of nitrogens with zero attached hydrogens (tertiary/aromatic N) is 2. The van der Waals surface area contributed by atoms with Crippen molar-refractivity contribution in [2.24, 2.45) is 5.73 Å². The van der Waals surface area contributed by atoms with Crippen LogP contribution in [0.2, 0.25) is 0 Å². The summed E-state index contributed by atoms with van der Waals surface area (Å²) < 4.78 is 6.46. The Morgan fingerprint density at radius 3 is 2.46 bits per heavy atom. The molecular weight excluding hydrogens is 484 g/mol. The van der Waals surface area contributed by atoms with Crippen molar-refractivity contribution in [3.05, 3.63) is 81.7 Å². The summed E-state index contributed by atoms with van der Waals surface area (Å²) in [6.07, 6.45) is 4.95. The first-order valence-electron chi connectivity index (χ1n) is 14.1. The standard InChI is InChI=1S/C33H42N4O2/c1-7-23-10-9-11-24(8-2)31(23)33-36-22(6)28(19-39-29-17-25(20(3)4)13-12-21(29)5)32(37-33)26-14-15-35-27(16-26)18-30(34)38/h9-14,17,20,27,35H,7-8,15-16,18-19H2,1-6H3,(H2,34,38). The van der Waals surface area contributed by atoms with Crippen LogP contribution in [0.15, 0.2) is 42.5 Å². The molecule has 0 saturated heterocycles. The van der Waals surface area contributed by atoms with Crippen LogP contribution >= 0.6 is 0 Å². The number of nitrogens with one attached hydrogen (secondary N) is 1. The van der Waals surface area contributed by atoms with Crippen LogP contribution in [-0.2, 0) is 24.2 Å². The summed E-state index contributed by atoms with van der Waals surface area (Å²) in [5, 5.41) is 3.40. The molecule has 3 N–H and O–H groups in total. The van der Waals surface area contributed by atoms with Gasteiger partial charge in [-0.3, -0.25) is 4.79 Å². The Hall–Kier alpha value is -3.51. The van der Waals surface area contributed by atoms with Crippen LogP contribution in [0.5, 0.6) is 5.75 Å². The van der Waals surface area contributed by atoms with Gasteiger partial charge >= 0.3 is 0 Å². The van der Waals surface area contributed by atoms with Gasteiger partial charge < -0.3 is 15.8 Å². The lowest BCUT2D eigenvalue weighted by atomic mass is 9.93. The molecular formula is C33H42N4O2. The van der Waals surface area contributed by atoms with E-state index in [1.807, 2.05) is 6.92 Å². The minimum Gasteiger partial charge on any atom is -0.488 e. The fourth-order valence-electron chi connectivity index (χ4n) is 5.31. The van der Waals surface area contributed by atoms with Gasteiger partial charge in [0.25, 0.3) is 0 Å². The van der Waals surface area contributed by atoms with Crippen molar-refractivity contribution < 1.29 is 9.53 Å². The predicted molar refractivity (Wildman–Crippen MR) is 159 cm³/mol. The van der Waals surface area contributed by atoms with Crippen molar-refractivity contribution in [2.45, 2.75) is 85.8 Å². The first-order chi connectivity index (χ1) is 18.7. The average molecular weight is 527 g/mol. The van der Waals surface area contributed by atoms with Crippen LogP contribution in [-0.4, -0.2) is 28.5 Å². The number of aromatic nitrogens is 2. The van der Waals surface area contributed by atoms with Crippen molar-refractivity contribution in [1.29, 1.82) is 0 Å². The Morgan fingerprint density at radius 1 is 1.10 bits per heavy atom. The SMILES string of the molecule is CCc1cccc(CC)c1-c1nc(C)c(COc2cc(C(C)C)ccc2C)c(C2=CCNC(CC(N)=O)C2)n1. The summed E-state index contributed by atoms with van der Waals surface area (Å²) in [5.74, 6) is 1.75. The molecule has 0 spiro atoms. The van der Waals surface area contributed by atoms with Gasteiger partial charge in [-0.05, 0) is 72.9 Å². The second-order valence-corrected chi connectivity index (χ2v) is 10.8. The van der Waals surface area contributed by atoms with Crippen LogP contribution in [0.25, 0.3) is 17.0 Å². The molecule has 2 heterocycles. The predicted octanol–water partition coefficient (Wildman–Crippen LogP) is 6.21. The number of aryl methyl sites for hydroxylation is 4. The summed E-state index contributed by atoms with van der Waals surface area (Å²) in [6, 6.07) is 12.9. The molecule has 0 bridgehead atoms. The Balaban J connectivity index is 1.80. The van der Waals surface area contributed by atoms with Crippen LogP contribution in [0.1, 0.15) is 85.7 Å². The van der Waals surface area contributed by atoms with E-state index in [1.165, 1.54) is 16.7 Å². The Morgan fingerprint density at radius 2 is 1.82 bits per heavy atom. The summed E-state index contributed by atoms with van der Waals surface area (Å²) in [4.78, 5) is 22.0. The molecule has 0 saturated carbocycles. The molecule has 4 rings (SSSR count). The smallest absolute Gasteiger partial charge is 0.218 e. The first-order valence-corrected chi connectivity index (χ1v) is 14.1. The Kier molecular flexibility index (Phi) is 9.18. The zero-order valence-corrected chi connectivity index (χ0v) is 24.2. The second-order valence-electron chi connectivity index (χ2n) is 10.8. The van der Waals surface area contributed by atoms with Crippen molar-refractivity contribution in [3.8, 4) is 17.1 Å². The molecule has 0 radical (unpaired) electrons. The number of nitrogens with two attached hydrogens (primary N) is 1. The molecule has 1 aromatic heterocycles. The normalized spacial score (nSPS) is 15.4. The third-order valence-electron chi connectivity index (χ3n) is 7.66. The molecule has 1 atom stereocenters. The highest BCUT2D eigenvalue weighted by atomic mass is 16.5. The number of amides is 1. The molecule has 1 unspecified atom stereocenters. The summed E-state index contributed by atoms with van der Waals surface area (Å²) >= 11 is 0. The van der Waals surface area contributed by atoms with Crippen LogP contribution in [0.3, 0.4) is 0 Å². The number of benzene rings is 2. The fourth-order valence-corrected chi connectivity index (χ4v) is 5.31. The van der Waals surface area contributed by atoms with Crippen molar-refractivity contribution in [1.82, 2.24) is 15.3 Å². The Labute approximate surface area is 233 Å². The lowest BCUT2D eigenvalue weighted by Crippen LogP contribution is -2.36. The van der Waals surface area contributed by atoms with Crippen molar-refractivity contribution >= 4 is 11.5 Å². The molecule has 3 aromatic rings. The molecule has 6 nitrogen and oxygen atoms in total. The largest absolute Gasteiger partial charge is 0.488 e. The first kappa shape index (κ1) is 28.5. The van der Waals surface area contributed by atoms with E-state index in [2.05, 4.69) is 82.4 Å². The molecule has 0 fully saturated rings. The van der Waals surface area contributed by atoms with Gasteiger partial charge in [-0.1, -0.05) is 64.1 Å². The maximum atomic E-state index is 11.7. The third kappa shape index (κ3) is 6.56. The monoisotopic (exact) mass is 526 g/mol. The third-order valence-corrected chi connectivity index (χ3v) is 7.66. The highest BCUT2D eigenvalue weighted by Gasteiger charge is 2.24. The van der Waals surface area contributed by atoms with E-state index in [9.17, 15) is 4.79 Å². The number of primary amides is 1. The zero-order chi connectivity index (χ0) is 28.1. The second kappa shape index (κ2) is 12.6. The number of carbonyl (C=O) groups excluding carboxylic acids is 1. The highest BCUT2D eigenvalue weighted by molar-refractivity contribution is 5.76. The van der Waals surface area contributed by atoms with Gasteiger partial charge in [0.2, 0.25) is 5.91 Å². The number of ether oxygens (including phenoxy) is 1. The van der Waals surface area contributed by atoms with E-state index in [0.717, 1.165) is 58.1 Å². The molecule has 1 aliphatic heterocycles. The van der Waals surface area contributed by atoms with Gasteiger partial charge in [-0.2, -0.15) is 0 Å². The summed E-state index contributed by atoms with van der Waals surface area (Å²) in [6.45, 7) is 13.9. The van der Waals surface area contributed by atoms with Crippen LogP contribution < -0.4 is 15.8 Å². The van der Waals surface area contributed by atoms with Crippen molar-refractivity contribution in [2.75, 3.05) is 6.54 Å². The maximum absolute atomic E-state index is 11.7. The maximum Gasteiger partial charge on any atom is 0.218 e. The molecule has 0 aliphatic carbocycles. The number of carbonyl (C=O) groups is 1. The van der Waals surface area contributed by atoms with Gasteiger partial charge in [0.05, 0.1) is 5.69 Å². The number of rotatable bonds is 10. The van der Waals surface area contributed by atoms with E-state index < -0.39 is 0 Å². The fraction of sp³-hybridized carbons (Fsp3) is 0.424. The quantitative estimate of drug-likeness (QED) is 0.328. The van der Waals surface area contributed by atoms with Gasteiger partial charge in [-0.15, -0.1) is 0 Å². The minimum absolute atomic E-state index is 0.0194. The van der Waals surface area contributed by atoms with E-state index in [4.69, 9.17) is 20.4 Å².